The summed E-state index contributed by atoms with van der Waals surface area (Å²) in [5, 5.41) is 16.4. The topological polar surface area (TPSA) is 440 Å². The van der Waals surface area contributed by atoms with Gasteiger partial charge >= 0.3 is 21.3 Å². The van der Waals surface area contributed by atoms with Gasteiger partial charge in [0.25, 0.3) is 0 Å². The number of phosphoric ester groups is 2. The van der Waals surface area contributed by atoms with Crippen molar-refractivity contribution in [2.45, 2.75) is 125 Å². The molecule has 1 fully saturated rings. The summed E-state index contributed by atoms with van der Waals surface area (Å²) in [6.07, 6.45) is 2.75. The van der Waals surface area contributed by atoms with Crippen LogP contribution in [0.25, 0.3) is 0 Å². The molecule has 0 radical (unpaired) electrons. The van der Waals surface area contributed by atoms with E-state index in [-0.39, 0.29) is 78.8 Å². The van der Waals surface area contributed by atoms with E-state index < -0.39 is 83.5 Å². The van der Waals surface area contributed by atoms with Crippen molar-refractivity contribution in [3.8, 4) is 0 Å². The van der Waals surface area contributed by atoms with E-state index in [9.17, 15) is 64.3 Å². The van der Waals surface area contributed by atoms with Crippen LogP contribution in [0.3, 0.4) is 0 Å². The van der Waals surface area contributed by atoms with Gasteiger partial charge in [0.1, 0.15) is 50.9 Å². The molecular formula is C54H78N7O23P2S2-. The highest BCUT2D eigenvalue weighted by Crippen LogP contribution is 2.49. The highest BCUT2D eigenvalue weighted by Gasteiger charge is 2.50. The molecule has 88 heavy (non-hydrogen) atoms. The Morgan fingerprint density at radius 3 is 2.00 bits per heavy atom. The third-order valence-electron chi connectivity index (χ3n) is 14.8. The number of unbranched alkanes of at least 4 members (excludes halogenated alkanes) is 2. The quantitative estimate of drug-likeness (QED) is 0.0179. The van der Waals surface area contributed by atoms with Gasteiger partial charge < -0.3 is 78.7 Å². The van der Waals surface area contributed by atoms with Gasteiger partial charge in [0, 0.05) is 85.2 Å². The number of nitrogens with zero attached hydrogens (tertiary/aromatic N) is 4. The molecule has 0 saturated carbocycles. The van der Waals surface area contributed by atoms with Crippen molar-refractivity contribution in [2.24, 2.45) is 0 Å². The van der Waals surface area contributed by atoms with Crippen molar-refractivity contribution < 1.29 is 107 Å². The zero-order valence-corrected chi connectivity index (χ0v) is 52.8. The second-order valence-corrected chi connectivity index (χ2v) is 27.0. The molecule has 2 aromatic carbocycles. The number of aryl methyl sites for hydroxylation is 1. The van der Waals surface area contributed by atoms with Crippen molar-refractivity contribution in [2.75, 3.05) is 96.3 Å². The smallest absolute Gasteiger partial charge is 0.470 e. The standard InChI is InChI=1S/C54H79N7O23P2S2/c1-6-59-41-18-16-37(87(72,73)74)32-39(41)53(2,3)44(59)13-10-14-45-54(4,5)40-33-38(88(75,76)77)17-19-42(40)60(45)23-9-7-8-15-46(62)57-22-25-79-27-29-81-31-30-80-28-26-78-24-20-47(63)56-21-11-12-36-34-61(52(65)58-50(36)55)51-48(64)49(84-86(69,70)71)43(83-51)35-82-85(66,67)68/h10,13-14,16-19,32-34,43,48-49,51,64H,6-9,11-12,15,20-31,35H2,1-5H3,(H9-,55,56,57,58,62,63,65,66,67,68,69,70,71,72,73,74,75,76,77)/p-1/t43-,48+,49?,51-/m1/s1. The summed E-state index contributed by atoms with van der Waals surface area (Å²) in [6, 6.07) is 8.80. The molecule has 4 heterocycles. The Labute approximate surface area is 510 Å². The molecule has 6 rings (SSSR count). The van der Waals surface area contributed by atoms with Crippen LogP contribution < -0.4 is 27.0 Å². The lowest BCUT2D eigenvalue weighted by molar-refractivity contribution is -0.438. The molecule has 2 amide bonds. The number of phosphoric acid groups is 2. The lowest BCUT2D eigenvalue weighted by Crippen LogP contribution is -2.38. The highest BCUT2D eigenvalue weighted by atomic mass is 32.2. The summed E-state index contributed by atoms with van der Waals surface area (Å²) >= 11 is 0. The number of aliphatic hydroxyl groups is 1. The Morgan fingerprint density at radius 2 is 1.39 bits per heavy atom. The number of allylic oxidation sites excluding steroid dienone is 4. The Hall–Kier alpha value is -5.19. The number of aromatic nitrogens is 2. The average molecular weight is 1320 g/mol. The van der Waals surface area contributed by atoms with Gasteiger partial charge in [0.15, 0.2) is 11.9 Å². The number of rotatable bonds is 36. The summed E-state index contributed by atoms with van der Waals surface area (Å²) < 4.78 is 134. The summed E-state index contributed by atoms with van der Waals surface area (Å²) in [5.74, 6) is -0.593. The third kappa shape index (κ3) is 19.9. The Morgan fingerprint density at radius 1 is 0.795 bits per heavy atom. The van der Waals surface area contributed by atoms with Crippen molar-refractivity contribution in [3.05, 3.63) is 93.7 Å². The molecule has 3 aromatic rings. The zero-order chi connectivity index (χ0) is 64.8. The molecule has 1 unspecified atom stereocenters. The van der Waals surface area contributed by atoms with Crippen molar-refractivity contribution >= 4 is 70.6 Å². The molecule has 34 heteroatoms. The van der Waals surface area contributed by atoms with E-state index in [0.717, 1.165) is 27.4 Å². The summed E-state index contributed by atoms with van der Waals surface area (Å²) in [7, 11) is -19.7. The van der Waals surface area contributed by atoms with Crippen LogP contribution in [0, 0.1) is 0 Å². The van der Waals surface area contributed by atoms with Gasteiger partial charge in [-0.2, -0.15) is 9.56 Å². The van der Waals surface area contributed by atoms with Crippen LogP contribution in [0.4, 0.5) is 17.2 Å². The fourth-order valence-electron chi connectivity index (χ4n) is 10.5. The first-order valence-corrected chi connectivity index (χ1v) is 34.1. The van der Waals surface area contributed by atoms with Crippen molar-refractivity contribution in [3.63, 3.8) is 0 Å². The molecular weight excluding hydrogens is 1240 g/mol. The number of hydrogen-bond acceptors (Lipinski definition) is 22. The van der Waals surface area contributed by atoms with Crippen molar-refractivity contribution in [1.82, 2.24) is 20.2 Å². The molecule has 30 nitrogen and oxygen atoms in total. The monoisotopic (exact) mass is 1320 g/mol. The number of nitrogens with two attached hydrogens (primary N) is 1. The van der Waals surface area contributed by atoms with Gasteiger partial charge in [-0.1, -0.05) is 19.9 Å². The maximum Gasteiger partial charge on any atom is 0.470 e. The minimum Gasteiger partial charge on any atom is -0.744 e. The minimum atomic E-state index is -5.27. The predicted octanol–water partition coefficient (Wildman–Crippen LogP) is 2.00. The predicted molar refractivity (Wildman–Crippen MR) is 313 cm³/mol. The van der Waals surface area contributed by atoms with Crippen LogP contribution in [-0.2, 0) is 88.9 Å². The third-order valence-corrected chi connectivity index (χ3v) is 17.5. The van der Waals surface area contributed by atoms with E-state index >= 15 is 0 Å². The van der Waals surface area contributed by atoms with Gasteiger partial charge in [-0.3, -0.25) is 23.2 Å². The molecule has 490 valence electrons. The number of fused-ring (bicyclic) bond motifs is 2. The highest BCUT2D eigenvalue weighted by molar-refractivity contribution is 7.86. The molecule has 1 saturated heterocycles. The number of ether oxygens (including phenoxy) is 5. The Bertz CT molecular complexity index is 3440. The minimum absolute atomic E-state index is 0.0527. The van der Waals surface area contributed by atoms with Crippen molar-refractivity contribution in [1.29, 1.82) is 0 Å². The molecule has 3 aliphatic rings. The molecule has 0 aliphatic carbocycles. The molecule has 0 spiro atoms. The Kier molecular flexibility index (Phi) is 25.5. The number of aliphatic hydroxyl groups excluding tert-OH is 1. The van der Waals surface area contributed by atoms with Gasteiger partial charge in [-0.15, -0.1) is 0 Å². The number of likely N-dealkylation sites (N-methyl/N-ethyl adjacent to an activating group) is 1. The summed E-state index contributed by atoms with van der Waals surface area (Å²) in [4.78, 5) is 79.7. The van der Waals surface area contributed by atoms with Gasteiger partial charge in [0.2, 0.25) is 17.5 Å². The first-order chi connectivity index (χ1) is 41.2. The van der Waals surface area contributed by atoms with Gasteiger partial charge in [-0.25, -0.2) is 30.8 Å². The first-order valence-electron chi connectivity index (χ1n) is 28.3. The molecule has 0 bridgehead atoms. The largest absolute Gasteiger partial charge is 0.744 e. The lowest BCUT2D eigenvalue weighted by atomic mass is 9.81. The van der Waals surface area contributed by atoms with Crippen LogP contribution in [0.5, 0.6) is 0 Å². The maximum atomic E-state index is 12.7. The number of benzene rings is 2. The van der Waals surface area contributed by atoms with E-state index in [2.05, 4.69) is 34.1 Å². The second kappa shape index (κ2) is 31.2. The number of anilines is 2. The van der Waals surface area contributed by atoms with Crippen LogP contribution in [0.2, 0.25) is 0 Å². The lowest BCUT2D eigenvalue weighted by Gasteiger charge is -2.25. The van der Waals surface area contributed by atoms with E-state index in [1.54, 1.807) is 12.1 Å². The fraction of sp³-hybridized carbons (Fsp3) is 0.574. The number of nitrogen functional groups attached to an aromatic ring is 1. The first kappa shape index (κ1) is 71.9. The van der Waals surface area contributed by atoms with Crippen LogP contribution in [0.15, 0.2) is 81.1 Å². The number of nitrogens with one attached hydrogen (secondary N) is 2. The number of amides is 2. The van der Waals surface area contributed by atoms with E-state index in [1.165, 1.54) is 30.5 Å². The SMILES string of the molecule is CCN1/C(=C/C=C/C2=[N+](CCCCCC(=O)NCCOCCOCCOCCOCCC(=O)NCCCc3cn([C@@H]4O[C@H](COP(=O)(O)O)C(OP(=O)(O)O)[C@@H]4O)c(=O)nc3N)c3ccc(S(=O)(=O)[O-])cc3C2(C)C)C(C)(C)c2cc(S(=O)(=O)[O-])ccc21. The van der Waals surface area contributed by atoms with Crippen LogP contribution in [-0.4, -0.2) is 186 Å². The maximum absolute atomic E-state index is 12.7. The molecule has 1 aromatic heterocycles. The summed E-state index contributed by atoms with van der Waals surface area (Å²) in [5.41, 5.74) is 8.53. The Balaban J connectivity index is 0.812. The van der Waals surface area contributed by atoms with Gasteiger partial charge in [-0.05, 0) is 88.4 Å². The number of hydrogen-bond donors (Lipinski definition) is 8. The molecule has 9 N–H and O–H groups in total. The van der Waals surface area contributed by atoms with Crippen LogP contribution >= 0.6 is 15.6 Å². The van der Waals surface area contributed by atoms with E-state index in [4.69, 9.17) is 39.2 Å². The molecule has 4 atom stereocenters. The van der Waals surface area contributed by atoms with Crippen LogP contribution in [0.1, 0.15) is 96.1 Å². The van der Waals surface area contributed by atoms with Gasteiger partial charge in [0.05, 0.1) is 74.7 Å². The van der Waals surface area contributed by atoms with E-state index in [1.807, 2.05) is 52.8 Å². The average Bonchev–Trinajstić information content (AvgIpc) is 1.61. The normalized spacial score (nSPS) is 19.7. The number of carbonyl (C=O) groups is 2. The second-order valence-electron chi connectivity index (χ2n) is 21.8. The van der Waals surface area contributed by atoms with E-state index in [0.29, 0.717) is 89.3 Å². The number of carbonyl (C=O) groups excluding carboxylic acids is 2. The summed E-state index contributed by atoms with van der Waals surface area (Å²) in [6.45, 7) is 12.5. The fourth-order valence-corrected chi connectivity index (χ4v) is 12.4. The zero-order valence-electron chi connectivity index (χ0n) is 49.4. The molecule has 3 aliphatic heterocycles.